The van der Waals surface area contributed by atoms with Crippen molar-refractivity contribution in [3.63, 3.8) is 0 Å². The number of ether oxygens (including phenoxy) is 4. The summed E-state index contributed by atoms with van der Waals surface area (Å²) in [4.78, 5) is 47.0. The molecule has 58 heavy (non-hydrogen) atoms. The minimum absolute atomic E-state index is 0.0218. The van der Waals surface area contributed by atoms with E-state index in [1.54, 1.807) is 62.8 Å². The van der Waals surface area contributed by atoms with Crippen LogP contribution in [0.3, 0.4) is 0 Å². The molecule has 300 valence electrons. The number of aryl methyl sites for hydroxylation is 1. The molecule has 0 unspecified atom stereocenters. The van der Waals surface area contributed by atoms with Crippen LogP contribution >= 0.6 is 23.2 Å². The number of hydrogen-bond acceptors (Lipinski definition) is 8. The van der Waals surface area contributed by atoms with Gasteiger partial charge >= 0.3 is 12.0 Å². The highest BCUT2D eigenvalue weighted by Crippen LogP contribution is 2.41. The number of rotatable bonds is 11. The minimum atomic E-state index is -1.25. The van der Waals surface area contributed by atoms with Crippen LogP contribution in [0.2, 0.25) is 10.0 Å². The zero-order valence-corrected chi connectivity index (χ0v) is 33.8. The van der Waals surface area contributed by atoms with Gasteiger partial charge in [-0.3, -0.25) is 9.78 Å². The van der Waals surface area contributed by atoms with E-state index in [1.165, 1.54) is 9.80 Å². The normalized spacial score (nSPS) is 16.1. The van der Waals surface area contributed by atoms with Crippen molar-refractivity contribution in [3.8, 4) is 28.7 Å². The summed E-state index contributed by atoms with van der Waals surface area (Å²) in [6.45, 7) is 4.51. The Morgan fingerprint density at radius 2 is 1.62 bits per heavy atom. The van der Waals surface area contributed by atoms with Crippen LogP contribution in [-0.2, 0) is 35.6 Å². The van der Waals surface area contributed by atoms with Crippen LogP contribution in [0.15, 0.2) is 91.1 Å². The fraction of sp³-hybridized carbons (Fsp3) is 0.273. The number of carboxylic acid groups (broad SMARTS) is 1. The fourth-order valence-electron chi connectivity index (χ4n) is 6.83. The monoisotopic (exact) mass is 824 g/mol. The average molecular weight is 826 g/mol. The second-order valence-electron chi connectivity index (χ2n) is 14.5. The first-order valence-electron chi connectivity index (χ1n) is 18.6. The predicted molar refractivity (Wildman–Crippen MR) is 218 cm³/mol. The number of hydrogen-bond donors (Lipinski definition) is 2. The van der Waals surface area contributed by atoms with Crippen molar-refractivity contribution in [1.29, 1.82) is 0 Å². The zero-order chi connectivity index (χ0) is 41.1. The summed E-state index contributed by atoms with van der Waals surface area (Å²) in [5.74, 6) is 1.20. The molecule has 4 aromatic carbocycles. The predicted octanol–water partition coefficient (Wildman–Crippen LogP) is 8.11. The largest absolute Gasteiger partial charge is 0.489 e. The molecule has 0 saturated heterocycles. The smallest absolute Gasteiger partial charge is 0.326 e. The third kappa shape index (κ3) is 9.09. The van der Waals surface area contributed by atoms with Gasteiger partial charge in [-0.1, -0.05) is 53.5 Å². The molecular weight excluding hydrogens is 783 g/mol. The van der Waals surface area contributed by atoms with E-state index in [0.717, 1.165) is 33.5 Å². The summed E-state index contributed by atoms with van der Waals surface area (Å²) in [6, 6.07) is 22.8. The molecule has 2 N–H and O–H groups in total. The van der Waals surface area contributed by atoms with Gasteiger partial charge in [-0.25, -0.2) is 9.59 Å². The summed E-state index contributed by atoms with van der Waals surface area (Å²) in [5.41, 5.74) is 5.84. The number of halogens is 2. The Morgan fingerprint density at radius 3 is 2.33 bits per heavy atom. The topological polar surface area (TPSA) is 140 Å². The van der Waals surface area contributed by atoms with Crippen molar-refractivity contribution in [3.05, 3.63) is 140 Å². The highest BCUT2D eigenvalue weighted by atomic mass is 35.5. The van der Waals surface area contributed by atoms with Gasteiger partial charge in [-0.15, -0.1) is 0 Å². The third-order valence-electron chi connectivity index (χ3n) is 10.2. The molecule has 5 aromatic rings. The molecular formula is C44H42Cl2N4O8. The number of urea groups is 1. The average Bonchev–Trinajstić information content (AvgIpc) is 3.21. The van der Waals surface area contributed by atoms with Crippen LogP contribution in [0.25, 0.3) is 0 Å². The van der Waals surface area contributed by atoms with Crippen molar-refractivity contribution in [2.45, 2.75) is 58.0 Å². The first-order chi connectivity index (χ1) is 27.8. The number of amides is 3. The molecule has 12 nitrogen and oxygen atoms in total. The van der Waals surface area contributed by atoms with Crippen molar-refractivity contribution in [2.24, 2.45) is 0 Å². The van der Waals surface area contributed by atoms with Gasteiger partial charge in [0, 0.05) is 50.9 Å². The lowest BCUT2D eigenvalue weighted by Crippen LogP contribution is -2.57. The van der Waals surface area contributed by atoms with E-state index in [0.29, 0.717) is 51.0 Å². The highest BCUT2D eigenvalue weighted by molar-refractivity contribution is 6.42. The van der Waals surface area contributed by atoms with Crippen molar-refractivity contribution in [2.75, 3.05) is 20.7 Å². The number of carboxylic acids is 1. The lowest BCUT2D eigenvalue weighted by molar-refractivity contribution is -0.142. The second-order valence-corrected chi connectivity index (χ2v) is 15.3. The van der Waals surface area contributed by atoms with Crippen LogP contribution in [0.5, 0.6) is 28.7 Å². The Hall–Kier alpha value is -5.98. The third-order valence-corrected chi connectivity index (χ3v) is 11.0. The first-order valence-corrected chi connectivity index (χ1v) is 19.4. The van der Waals surface area contributed by atoms with Gasteiger partial charge in [0.2, 0.25) is 5.91 Å². The quantitative estimate of drug-likeness (QED) is 0.135. The molecule has 0 spiro atoms. The molecule has 3 heterocycles. The Labute approximate surface area is 346 Å². The number of carbonyl (C=O) groups is 3. The maximum absolute atomic E-state index is 13.9. The number of fused-ring (bicyclic) bond motifs is 2. The van der Waals surface area contributed by atoms with E-state index in [4.69, 9.17) is 42.1 Å². The van der Waals surface area contributed by atoms with Gasteiger partial charge in [0.1, 0.15) is 42.5 Å². The molecule has 7 rings (SSSR count). The molecule has 0 saturated carbocycles. The van der Waals surface area contributed by atoms with Crippen LogP contribution < -0.4 is 24.3 Å². The molecule has 1 aromatic heterocycles. The van der Waals surface area contributed by atoms with Gasteiger partial charge in [0.15, 0.2) is 17.6 Å². The molecule has 0 bridgehead atoms. The number of benzene rings is 4. The molecule has 0 aliphatic carbocycles. The van der Waals surface area contributed by atoms with Crippen molar-refractivity contribution >= 4 is 41.1 Å². The first kappa shape index (κ1) is 40.2. The summed E-state index contributed by atoms with van der Waals surface area (Å²) in [5, 5.41) is 13.8. The maximum Gasteiger partial charge on any atom is 0.326 e. The van der Waals surface area contributed by atoms with Gasteiger partial charge in [0.25, 0.3) is 0 Å². The molecule has 2 aliphatic heterocycles. The summed E-state index contributed by atoms with van der Waals surface area (Å²) in [7, 11) is 3.21. The van der Waals surface area contributed by atoms with Crippen LogP contribution in [-0.4, -0.2) is 70.6 Å². The van der Waals surface area contributed by atoms with E-state index in [1.807, 2.05) is 56.3 Å². The van der Waals surface area contributed by atoms with Gasteiger partial charge in [-0.05, 0) is 96.3 Å². The molecule has 2 aliphatic rings. The molecule has 0 fully saturated rings. The van der Waals surface area contributed by atoms with E-state index >= 15 is 0 Å². The van der Waals surface area contributed by atoms with Gasteiger partial charge in [-0.2, -0.15) is 0 Å². The number of carbonyl (C=O) groups excluding carboxylic acids is 2. The molecule has 3 atom stereocenters. The number of nitrogens with zero attached hydrogens (tertiary/aromatic N) is 3. The van der Waals surface area contributed by atoms with Crippen molar-refractivity contribution in [1.82, 2.24) is 20.1 Å². The van der Waals surface area contributed by atoms with E-state index in [-0.39, 0.29) is 32.0 Å². The van der Waals surface area contributed by atoms with E-state index in [9.17, 15) is 19.5 Å². The Kier molecular flexibility index (Phi) is 12.0. The second kappa shape index (κ2) is 17.3. The van der Waals surface area contributed by atoms with Gasteiger partial charge < -0.3 is 39.2 Å². The van der Waals surface area contributed by atoms with E-state index < -0.39 is 30.1 Å². The molecule has 14 heteroatoms. The standard InChI is InChI=1S/C44H42Cl2N4O8/c1-25-26(2)47-16-15-38(25)57-33-10-5-27(6-11-33)18-36(43(52)53)48-42(51)37-19-30-20-39-40(21-31(30)22-50(37)44(54)49(3)4)58-41(24-56-39)29-8-12-32(13-9-29)55-23-28-7-14-34(45)35(46)17-28/h5-17,20-21,36-37,41H,18-19,22-24H2,1-4H3,(H,48,51)(H,52,53)/t36-,37-,41+/m0/s1. The van der Waals surface area contributed by atoms with Crippen molar-refractivity contribution < 1.29 is 38.4 Å². The molecule has 0 radical (unpaired) electrons. The zero-order valence-electron chi connectivity index (χ0n) is 32.3. The number of nitrogens with one attached hydrogen (secondary N) is 1. The number of aromatic nitrogens is 1. The fourth-order valence-corrected chi connectivity index (χ4v) is 7.15. The summed E-state index contributed by atoms with van der Waals surface area (Å²) >= 11 is 12.2. The van der Waals surface area contributed by atoms with Crippen LogP contribution in [0.4, 0.5) is 4.79 Å². The lowest BCUT2D eigenvalue weighted by Gasteiger charge is -2.38. The minimum Gasteiger partial charge on any atom is -0.489 e. The highest BCUT2D eigenvalue weighted by Gasteiger charge is 2.38. The lowest BCUT2D eigenvalue weighted by atomic mass is 9.92. The summed E-state index contributed by atoms with van der Waals surface area (Å²) < 4.78 is 24.5. The maximum atomic E-state index is 13.9. The van der Waals surface area contributed by atoms with E-state index in [2.05, 4.69) is 10.3 Å². The molecule has 3 amide bonds. The number of aliphatic carboxylic acids is 1. The SMILES string of the molecule is Cc1nccc(Oc2ccc(C[C@H](NC(=O)[C@@H]3Cc4cc5c(cc4CN3C(=O)N(C)C)O[C@@H](c3ccc(OCc4ccc(Cl)c(Cl)c4)cc3)CO5)C(=O)O)cc2)c1C. The Bertz CT molecular complexity index is 2340. The Balaban J connectivity index is 1.02. The summed E-state index contributed by atoms with van der Waals surface area (Å²) in [6.07, 6.45) is 1.45. The Morgan fingerprint density at radius 1 is 0.914 bits per heavy atom. The number of pyridine rings is 1. The van der Waals surface area contributed by atoms with Gasteiger partial charge in [0.05, 0.1) is 10.0 Å². The van der Waals surface area contributed by atoms with Crippen LogP contribution in [0.1, 0.15) is 45.2 Å². The van der Waals surface area contributed by atoms with Crippen LogP contribution in [0, 0.1) is 13.8 Å².